The highest BCUT2D eigenvalue weighted by Crippen LogP contribution is 2.39. The minimum atomic E-state index is -0.780. The lowest BCUT2D eigenvalue weighted by molar-refractivity contribution is -0.143. The molecular formula is C10H16N2O3. The SMILES string of the molecule is O=NN1CC(C(=O)O)C(C2CCCC2)C1. The molecule has 1 aliphatic heterocycles. The van der Waals surface area contributed by atoms with E-state index in [1.54, 1.807) is 0 Å². The molecule has 2 atom stereocenters. The van der Waals surface area contributed by atoms with Gasteiger partial charge in [0.25, 0.3) is 0 Å². The topological polar surface area (TPSA) is 70.0 Å². The molecule has 1 aliphatic carbocycles. The Kier molecular flexibility index (Phi) is 2.88. The Bertz CT molecular complexity index is 263. The van der Waals surface area contributed by atoms with E-state index in [2.05, 4.69) is 5.29 Å². The average molecular weight is 212 g/mol. The zero-order valence-corrected chi connectivity index (χ0v) is 8.63. The third-order valence-corrected chi connectivity index (χ3v) is 3.78. The van der Waals surface area contributed by atoms with Crippen molar-refractivity contribution in [2.75, 3.05) is 13.1 Å². The van der Waals surface area contributed by atoms with E-state index in [9.17, 15) is 9.70 Å². The molecule has 2 aliphatic rings. The van der Waals surface area contributed by atoms with Gasteiger partial charge in [-0.15, -0.1) is 4.91 Å². The van der Waals surface area contributed by atoms with Crippen molar-refractivity contribution in [3.63, 3.8) is 0 Å². The van der Waals surface area contributed by atoms with E-state index in [1.807, 2.05) is 0 Å². The first-order valence-corrected chi connectivity index (χ1v) is 5.53. The second-order valence-electron chi connectivity index (χ2n) is 4.61. The number of carboxylic acids is 1. The maximum Gasteiger partial charge on any atom is 0.308 e. The monoisotopic (exact) mass is 212 g/mol. The first kappa shape index (κ1) is 10.4. The number of carboxylic acid groups (broad SMARTS) is 1. The standard InChI is InChI=1S/C10H16N2O3/c13-10(14)9-6-12(11-15)5-8(9)7-3-1-2-4-7/h7-9H,1-6H2,(H,13,14). The number of hydrogen-bond acceptors (Lipinski definition) is 3. The second-order valence-corrected chi connectivity index (χ2v) is 4.61. The maximum absolute atomic E-state index is 11.1. The lowest BCUT2D eigenvalue weighted by Crippen LogP contribution is -2.26. The molecule has 2 fully saturated rings. The van der Waals surface area contributed by atoms with Crippen molar-refractivity contribution in [1.82, 2.24) is 5.01 Å². The minimum absolute atomic E-state index is 0.127. The lowest BCUT2D eigenvalue weighted by atomic mass is 9.83. The third-order valence-electron chi connectivity index (χ3n) is 3.78. The van der Waals surface area contributed by atoms with Crippen molar-refractivity contribution in [2.24, 2.45) is 23.0 Å². The van der Waals surface area contributed by atoms with Crippen molar-refractivity contribution in [3.05, 3.63) is 4.91 Å². The second kappa shape index (κ2) is 4.16. The van der Waals surface area contributed by atoms with E-state index in [1.165, 1.54) is 17.9 Å². The number of nitrogens with zero attached hydrogens (tertiary/aromatic N) is 2. The van der Waals surface area contributed by atoms with Crippen LogP contribution in [0.15, 0.2) is 5.29 Å². The summed E-state index contributed by atoms with van der Waals surface area (Å²) >= 11 is 0. The molecular weight excluding hydrogens is 196 g/mol. The minimum Gasteiger partial charge on any atom is -0.481 e. The van der Waals surface area contributed by atoms with Crippen molar-refractivity contribution in [3.8, 4) is 0 Å². The molecule has 15 heavy (non-hydrogen) atoms. The van der Waals surface area contributed by atoms with Crippen LogP contribution >= 0.6 is 0 Å². The van der Waals surface area contributed by atoms with Gasteiger partial charge in [0, 0.05) is 6.54 Å². The molecule has 84 valence electrons. The van der Waals surface area contributed by atoms with Gasteiger partial charge >= 0.3 is 5.97 Å². The molecule has 0 aromatic heterocycles. The fourth-order valence-corrected chi connectivity index (χ4v) is 3.00. The lowest BCUT2D eigenvalue weighted by Gasteiger charge is -2.20. The van der Waals surface area contributed by atoms with Crippen LogP contribution in [0.25, 0.3) is 0 Å². The summed E-state index contributed by atoms with van der Waals surface area (Å²) in [5.41, 5.74) is 0. The molecule has 5 heteroatoms. The summed E-state index contributed by atoms with van der Waals surface area (Å²) in [5.74, 6) is -0.565. The van der Waals surface area contributed by atoms with Crippen molar-refractivity contribution in [2.45, 2.75) is 25.7 Å². The first-order chi connectivity index (χ1) is 7.22. The Balaban J connectivity index is 2.06. The van der Waals surface area contributed by atoms with Gasteiger partial charge in [0.05, 0.1) is 17.7 Å². The Morgan fingerprint density at radius 2 is 1.93 bits per heavy atom. The molecule has 1 heterocycles. The molecule has 0 aromatic carbocycles. The highest BCUT2D eigenvalue weighted by atomic mass is 16.4. The molecule has 1 saturated heterocycles. The Morgan fingerprint density at radius 1 is 1.27 bits per heavy atom. The fourth-order valence-electron chi connectivity index (χ4n) is 3.00. The van der Waals surface area contributed by atoms with Crippen molar-refractivity contribution < 1.29 is 9.90 Å². The first-order valence-electron chi connectivity index (χ1n) is 5.53. The number of nitroso groups, excluding NO2 is 1. The van der Waals surface area contributed by atoms with Crippen molar-refractivity contribution in [1.29, 1.82) is 0 Å². The molecule has 0 amide bonds. The van der Waals surface area contributed by atoms with Crippen LogP contribution in [0.4, 0.5) is 0 Å². The Hall–Kier alpha value is -1.13. The predicted octanol–water partition coefficient (Wildman–Crippen LogP) is 1.49. The largest absolute Gasteiger partial charge is 0.481 e. The van der Waals surface area contributed by atoms with E-state index >= 15 is 0 Å². The van der Waals surface area contributed by atoms with Crippen LogP contribution in [-0.2, 0) is 4.79 Å². The fraction of sp³-hybridized carbons (Fsp3) is 0.900. The average Bonchev–Trinajstić information content (AvgIpc) is 2.86. The van der Waals surface area contributed by atoms with Crippen LogP contribution in [0.1, 0.15) is 25.7 Å². The van der Waals surface area contributed by atoms with Crippen LogP contribution in [0, 0.1) is 22.7 Å². The normalized spacial score (nSPS) is 32.1. The summed E-state index contributed by atoms with van der Waals surface area (Å²) in [6, 6.07) is 0. The molecule has 0 bridgehead atoms. The van der Waals surface area contributed by atoms with Gasteiger partial charge in [-0.05, 0) is 11.8 Å². The summed E-state index contributed by atoms with van der Waals surface area (Å²) < 4.78 is 0. The van der Waals surface area contributed by atoms with Crippen LogP contribution < -0.4 is 0 Å². The van der Waals surface area contributed by atoms with Crippen LogP contribution in [0.3, 0.4) is 0 Å². The molecule has 0 radical (unpaired) electrons. The van der Waals surface area contributed by atoms with Crippen molar-refractivity contribution >= 4 is 5.97 Å². The van der Waals surface area contributed by atoms with Gasteiger partial charge in [-0.3, -0.25) is 9.80 Å². The Morgan fingerprint density at radius 3 is 2.47 bits per heavy atom. The van der Waals surface area contributed by atoms with Gasteiger partial charge in [-0.1, -0.05) is 25.7 Å². The quantitative estimate of drug-likeness (QED) is 0.719. The number of rotatable bonds is 3. The highest BCUT2D eigenvalue weighted by molar-refractivity contribution is 5.71. The van der Waals surface area contributed by atoms with Crippen LogP contribution in [0.5, 0.6) is 0 Å². The van der Waals surface area contributed by atoms with Gasteiger partial charge in [0.1, 0.15) is 0 Å². The van der Waals surface area contributed by atoms with Gasteiger partial charge in [0.2, 0.25) is 0 Å². The van der Waals surface area contributed by atoms with Crippen LogP contribution in [-0.4, -0.2) is 29.2 Å². The van der Waals surface area contributed by atoms with Gasteiger partial charge in [-0.25, -0.2) is 0 Å². The Labute approximate surface area is 88.4 Å². The molecule has 2 rings (SSSR count). The number of carbonyl (C=O) groups is 1. The van der Waals surface area contributed by atoms with E-state index in [0.717, 1.165) is 12.8 Å². The van der Waals surface area contributed by atoms with E-state index in [-0.39, 0.29) is 5.92 Å². The summed E-state index contributed by atoms with van der Waals surface area (Å²) in [6.45, 7) is 0.825. The summed E-state index contributed by atoms with van der Waals surface area (Å²) in [7, 11) is 0. The van der Waals surface area contributed by atoms with E-state index < -0.39 is 11.9 Å². The number of hydrogen-bond donors (Lipinski definition) is 1. The molecule has 1 N–H and O–H groups in total. The predicted molar refractivity (Wildman–Crippen MR) is 53.9 cm³/mol. The van der Waals surface area contributed by atoms with Crippen LogP contribution in [0.2, 0.25) is 0 Å². The van der Waals surface area contributed by atoms with Gasteiger partial charge in [-0.2, -0.15) is 0 Å². The maximum atomic E-state index is 11.1. The molecule has 5 nitrogen and oxygen atoms in total. The molecule has 1 saturated carbocycles. The molecule has 0 aromatic rings. The van der Waals surface area contributed by atoms with Gasteiger partial charge in [0.15, 0.2) is 0 Å². The zero-order valence-electron chi connectivity index (χ0n) is 8.63. The van der Waals surface area contributed by atoms with E-state index in [4.69, 9.17) is 5.11 Å². The van der Waals surface area contributed by atoms with E-state index in [0.29, 0.717) is 19.0 Å². The summed E-state index contributed by atoms with van der Waals surface area (Å²) in [6.07, 6.45) is 4.62. The zero-order chi connectivity index (χ0) is 10.8. The van der Waals surface area contributed by atoms with Gasteiger partial charge < -0.3 is 5.11 Å². The number of aliphatic carboxylic acids is 1. The third kappa shape index (κ3) is 1.96. The smallest absolute Gasteiger partial charge is 0.308 e. The molecule has 2 unspecified atom stereocenters. The summed E-state index contributed by atoms with van der Waals surface area (Å²) in [5, 5.41) is 13.3. The summed E-state index contributed by atoms with van der Waals surface area (Å²) in [4.78, 5) is 21.5. The highest BCUT2D eigenvalue weighted by Gasteiger charge is 2.42. The molecule has 0 spiro atoms.